The van der Waals surface area contributed by atoms with Crippen molar-refractivity contribution >= 4 is 15.9 Å². The van der Waals surface area contributed by atoms with Crippen LogP contribution >= 0.6 is 15.9 Å². The van der Waals surface area contributed by atoms with Crippen molar-refractivity contribution in [3.05, 3.63) is 34.3 Å². The fourth-order valence-electron chi connectivity index (χ4n) is 1.85. The van der Waals surface area contributed by atoms with E-state index in [-0.39, 0.29) is 5.54 Å². The molecule has 0 spiro atoms. The predicted molar refractivity (Wildman–Crippen MR) is 78.5 cm³/mol. The molecule has 3 heteroatoms. The van der Waals surface area contributed by atoms with Gasteiger partial charge < -0.3 is 10.2 Å². The molecule has 0 aliphatic rings. The molecule has 0 saturated carbocycles. The standard InChI is InChI=1S/C14H23BrN2/c1-14(2,16-3)11-17(4)10-9-12-7-5-6-8-13(12)15/h5-8,16H,9-11H2,1-4H3. The van der Waals surface area contributed by atoms with Gasteiger partial charge in [-0.1, -0.05) is 34.1 Å². The van der Waals surface area contributed by atoms with E-state index in [1.165, 1.54) is 10.0 Å². The lowest BCUT2D eigenvalue weighted by Crippen LogP contribution is -2.46. The number of nitrogens with zero attached hydrogens (tertiary/aromatic N) is 1. The number of hydrogen-bond acceptors (Lipinski definition) is 2. The fraction of sp³-hybridized carbons (Fsp3) is 0.571. The van der Waals surface area contributed by atoms with Crippen LogP contribution in [0.15, 0.2) is 28.7 Å². The molecule has 1 rings (SSSR count). The highest BCUT2D eigenvalue weighted by molar-refractivity contribution is 9.10. The highest BCUT2D eigenvalue weighted by Crippen LogP contribution is 2.16. The first-order chi connectivity index (χ1) is 7.94. The molecular weight excluding hydrogens is 276 g/mol. The molecule has 0 radical (unpaired) electrons. The number of benzene rings is 1. The van der Waals surface area contributed by atoms with Crippen LogP contribution in [0.25, 0.3) is 0 Å². The first-order valence-corrected chi connectivity index (χ1v) is 6.85. The molecule has 0 fully saturated rings. The first kappa shape index (κ1) is 14.7. The number of nitrogens with one attached hydrogen (secondary N) is 1. The van der Waals surface area contributed by atoms with Crippen LogP contribution in [0.5, 0.6) is 0 Å². The molecule has 0 unspecified atom stereocenters. The SMILES string of the molecule is CNC(C)(C)CN(C)CCc1ccccc1Br. The Kier molecular flexibility index (Phi) is 5.63. The molecule has 0 aromatic heterocycles. The van der Waals surface area contributed by atoms with Gasteiger partial charge in [0.2, 0.25) is 0 Å². The smallest absolute Gasteiger partial charge is 0.0249 e. The van der Waals surface area contributed by atoms with Crippen molar-refractivity contribution in [3.8, 4) is 0 Å². The molecule has 1 aromatic rings. The highest BCUT2D eigenvalue weighted by Gasteiger charge is 2.16. The summed E-state index contributed by atoms with van der Waals surface area (Å²) in [4.78, 5) is 2.37. The van der Waals surface area contributed by atoms with Crippen molar-refractivity contribution in [2.24, 2.45) is 0 Å². The van der Waals surface area contributed by atoms with Gasteiger partial charge in [-0.25, -0.2) is 0 Å². The minimum atomic E-state index is 0.169. The van der Waals surface area contributed by atoms with E-state index >= 15 is 0 Å². The summed E-state index contributed by atoms with van der Waals surface area (Å²) in [5.41, 5.74) is 1.55. The third-order valence-corrected chi connectivity index (χ3v) is 3.84. The maximum Gasteiger partial charge on any atom is 0.0249 e. The topological polar surface area (TPSA) is 15.3 Å². The van der Waals surface area contributed by atoms with E-state index in [0.29, 0.717) is 0 Å². The van der Waals surface area contributed by atoms with Gasteiger partial charge in [-0.3, -0.25) is 0 Å². The molecule has 96 valence electrons. The maximum absolute atomic E-state index is 3.59. The normalized spacial score (nSPS) is 12.1. The van der Waals surface area contributed by atoms with Gasteiger partial charge in [0.15, 0.2) is 0 Å². The second-order valence-electron chi connectivity index (χ2n) is 5.21. The van der Waals surface area contributed by atoms with E-state index in [1.807, 2.05) is 7.05 Å². The zero-order chi connectivity index (χ0) is 12.9. The predicted octanol–water partition coefficient (Wildman–Crippen LogP) is 2.92. The van der Waals surface area contributed by atoms with E-state index in [2.05, 4.69) is 71.3 Å². The summed E-state index contributed by atoms with van der Waals surface area (Å²) in [6, 6.07) is 8.44. The molecule has 0 aliphatic heterocycles. The summed E-state index contributed by atoms with van der Waals surface area (Å²) >= 11 is 3.59. The summed E-state index contributed by atoms with van der Waals surface area (Å²) in [5, 5.41) is 3.33. The number of rotatable bonds is 6. The van der Waals surface area contributed by atoms with Crippen LogP contribution in [0.2, 0.25) is 0 Å². The van der Waals surface area contributed by atoms with E-state index in [9.17, 15) is 0 Å². The largest absolute Gasteiger partial charge is 0.314 e. The second-order valence-corrected chi connectivity index (χ2v) is 6.07. The van der Waals surface area contributed by atoms with E-state index in [4.69, 9.17) is 0 Å². The van der Waals surface area contributed by atoms with Gasteiger partial charge in [-0.15, -0.1) is 0 Å². The van der Waals surface area contributed by atoms with Gasteiger partial charge in [0.25, 0.3) is 0 Å². The van der Waals surface area contributed by atoms with Gasteiger partial charge in [0.1, 0.15) is 0 Å². The number of hydrogen-bond donors (Lipinski definition) is 1. The molecule has 2 nitrogen and oxygen atoms in total. The molecule has 1 N–H and O–H groups in total. The molecule has 17 heavy (non-hydrogen) atoms. The van der Waals surface area contributed by atoms with Crippen molar-refractivity contribution in [3.63, 3.8) is 0 Å². The third kappa shape index (κ3) is 5.19. The van der Waals surface area contributed by atoms with Crippen molar-refractivity contribution < 1.29 is 0 Å². The second kappa shape index (κ2) is 6.53. The van der Waals surface area contributed by atoms with Gasteiger partial charge in [-0.2, -0.15) is 0 Å². The molecular formula is C14H23BrN2. The summed E-state index contributed by atoms with van der Waals surface area (Å²) < 4.78 is 1.21. The Morgan fingerprint density at radius 1 is 1.29 bits per heavy atom. The zero-order valence-corrected chi connectivity index (χ0v) is 12.8. The number of halogens is 1. The lowest BCUT2D eigenvalue weighted by Gasteiger charge is -2.30. The zero-order valence-electron chi connectivity index (χ0n) is 11.3. The van der Waals surface area contributed by atoms with Crippen LogP contribution in [0.3, 0.4) is 0 Å². The van der Waals surface area contributed by atoms with E-state index in [1.54, 1.807) is 0 Å². The molecule has 0 atom stereocenters. The maximum atomic E-state index is 3.59. The monoisotopic (exact) mass is 298 g/mol. The third-order valence-electron chi connectivity index (χ3n) is 3.06. The molecule has 0 heterocycles. The molecule has 0 saturated heterocycles. The Balaban J connectivity index is 2.44. The quantitative estimate of drug-likeness (QED) is 0.869. The van der Waals surface area contributed by atoms with Crippen LogP contribution in [0.1, 0.15) is 19.4 Å². The van der Waals surface area contributed by atoms with Crippen LogP contribution in [0.4, 0.5) is 0 Å². The first-order valence-electron chi connectivity index (χ1n) is 6.05. The van der Waals surface area contributed by atoms with Crippen molar-refractivity contribution in [1.29, 1.82) is 0 Å². The summed E-state index contributed by atoms with van der Waals surface area (Å²) in [6.07, 6.45) is 1.08. The molecule has 0 amide bonds. The average Bonchev–Trinajstić information content (AvgIpc) is 2.27. The Hall–Kier alpha value is -0.380. The van der Waals surface area contributed by atoms with E-state index < -0.39 is 0 Å². The fourth-order valence-corrected chi connectivity index (χ4v) is 2.33. The summed E-state index contributed by atoms with van der Waals surface area (Å²) in [5.74, 6) is 0. The van der Waals surface area contributed by atoms with Gasteiger partial charge in [0.05, 0.1) is 0 Å². The average molecular weight is 299 g/mol. The van der Waals surface area contributed by atoms with Crippen LogP contribution in [0, 0.1) is 0 Å². The molecule has 0 aliphatic carbocycles. The Bertz CT molecular complexity index is 350. The lowest BCUT2D eigenvalue weighted by atomic mass is 10.1. The Morgan fingerprint density at radius 3 is 2.53 bits per heavy atom. The van der Waals surface area contributed by atoms with Gasteiger partial charge in [-0.05, 0) is 46.0 Å². The van der Waals surface area contributed by atoms with E-state index in [0.717, 1.165) is 19.5 Å². The highest BCUT2D eigenvalue weighted by atomic mass is 79.9. The molecule has 0 bridgehead atoms. The van der Waals surface area contributed by atoms with Gasteiger partial charge >= 0.3 is 0 Å². The van der Waals surface area contributed by atoms with Gasteiger partial charge in [0, 0.05) is 23.1 Å². The minimum Gasteiger partial charge on any atom is -0.314 e. The van der Waals surface area contributed by atoms with Crippen LogP contribution in [-0.4, -0.2) is 37.6 Å². The van der Waals surface area contributed by atoms with Crippen LogP contribution in [-0.2, 0) is 6.42 Å². The summed E-state index contributed by atoms with van der Waals surface area (Å²) in [7, 11) is 4.19. The Morgan fingerprint density at radius 2 is 1.94 bits per heavy atom. The lowest BCUT2D eigenvalue weighted by molar-refractivity contribution is 0.246. The van der Waals surface area contributed by atoms with Crippen molar-refractivity contribution in [2.45, 2.75) is 25.8 Å². The van der Waals surface area contributed by atoms with Crippen LogP contribution < -0.4 is 5.32 Å². The van der Waals surface area contributed by atoms with Crippen molar-refractivity contribution in [2.75, 3.05) is 27.2 Å². The summed E-state index contributed by atoms with van der Waals surface area (Å²) in [6.45, 7) is 6.57. The Labute approximate surface area is 114 Å². The molecule has 1 aromatic carbocycles. The van der Waals surface area contributed by atoms with Crippen molar-refractivity contribution in [1.82, 2.24) is 10.2 Å². The number of likely N-dealkylation sites (N-methyl/N-ethyl adjacent to an activating group) is 2. The minimum absolute atomic E-state index is 0.169.